The van der Waals surface area contributed by atoms with Crippen LogP contribution in [0, 0.1) is 16.0 Å². The molecule has 110 valence electrons. The second-order valence-electron chi connectivity index (χ2n) is 5.25. The van der Waals surface area contributed by atoms with Gasteiger partial charge in [-0.05, 0) is 25.3 Å². The van der Waals surface area contributed by atoms with E-state index in [0.717, 1.165) is 18.7 Å². The molecule has 0 amide bonds. The van der Waals surface area contributed by atoms with Crippen LogP contribution in [0.4, 0.5) is 5.69 Å². The van der Waals surface area contributed by atoms with E-state index in [0.29, 0.717) is 13.1 Å². The Balaban J connectivity index is 1.80. The first-order chi connectivity index (χ1) is 9.66. The first kappa shape index (κ1) is 14.6. The van der Waals surface area contributed by atoms with E-state index in [1.807, 2.05) is 0 Å². The van der Waals surface area contributed by atoms with Crippen LogP contribution in [0.2, 0.25) is 0 Å². The van der Waals surface area contributed by atoms with Crippen LogP contribution in [0.15, 0.2) is 17.2 Å². The Morgan fingerprint density at radius 2 is 2.15 bits per heavy atom. The number of hydrogen-bond donors (Lipinski definition) is 1. The fraction of sp³-hybridized carbons (Fsp3) is 0.692. The SMILES string of the molecule is O=c1ncc([N+](=O)[O-])cn1CCNCC1CCCCC1. The van der Waals surface area contributed by atoms with Gasteiger partial charge in [0.2, 0.25) is 0 Å². The Bertz CT molecular complexity index is 509. The Morgan fingerprint density at radius 1 is 1.40 bits per heavy atom. The molecule has 0 aliphatic heterocycles. The van der Waals surface area contributed by atoms with Gasteiger partial charge in [-0.25, -0.2) is 4.79 Å². The molecular formula is C13H20N4O3. The Morgan fingerprint density at radius 3 is 2.85 bits per heavy atom. The second kappa shape index (κ2) is 7.14. The second-order valence-corrected chi connectivity index (χ2v) is 5.25. The van der Waals surface area contributed by atoms with Crippen molar-refractivity contribution < 1.29 is 4.92 Å². The van der Waals surface area contributed by atoms with Crippen molar-refractivity contribution in [2.75, 3.05) is 13.1 Å². The Hall–Kier alpha value is -1.76. The largest absolute Gasteiger partial charge is 0.348 e. The summed E-state index contributed by atoms with van der Waals surface area (Å²) in [5.74, 6) is 0.726. The number of hydrogen-bond acceptors (Lipinski definition) is 5. The molecule has 1 aliphatic carbocycles. The van der Waals surface area contributed by atoms with Crippen LogP contribution in [0.1, 0.15) is 32.1 Å². The van der Waals surface area contributed by atoms with Crippen LogP contribution in [-0.2, 0) is 6.54 Å². The first-order valence-electron chi connectivity index (χ1n) is 7.08. The van der Waals surface area contributed by atoms with Gasteiger partial charge in [0.25, 0.3) is 0 Å². The molecule has 0 bridgehead atoms. The number of rotatable bonds is 6. The summed E-state index contributed by atoms with van der Waals surface area (Å²) in [5, 5.41) is 14.0. The number of nitrogens with one attached hydrogen (secondary N) is 1. The summed E-state index contributed by atoms with van der Waals surface area (Å²) < 4.78 is 1.28. The van der Waals surface area contributed by atoms with Gasteiger partial charge in [-0.3, -0.25) is 14.7 Å². The van der Waals surface area contributed by atoms with Crippen molar-refractivity contribution in [2.45, 2.75) is 38.6 Å². The minimum Gasteiger partial charge on any atom is -0.315 e. The third-order valence-electron chi connectivity index (χ3n) is 3.74. The third kappa shape index (κ3) is 4.12. The smallest absolute Gasteiger partial charge is 0.315 e. The van der Waals surface area contributed by atoms with Gasteiger partial charge in [-0.1, -0.05) is 19.3 Å². The molecule has 1 aromatic rings. The average Bonchev–Trinajstić information content (AvgIpc) is 2.46. The van der Waals surface area contributed by atoms with Crippen molar-refractivity contribution in [1.82, 2.24) is 14.9 Å². The molecule has 1 fully saturated rings. The summed E-state index contributed by atoms with van der Waals surface area (Å²) in [7, 11) is 0. The van der Waals surface area contributed by atoms with Crippen LogP contribution >= 0.6 is 0 Å². The lowest BCUT2D eigenvalue weighted by Gasteiger charge is -2.21. The van der Waals surface area contributed by atoms with Crippen molar-refractivity contribution in [3.05, 3.63) is 33.0 Å². The Labute approximate surface area is 117 Å². The van der Waals surface area contributed by atoms with Crippen molar-refractivity contribution in [2.24, 2.45) is 5.92 Å². The molecule has 1 saturated carbocycles. The van der Waals surface area contributed by atoms with E-state index in [4.69, 9.17) is 0 Å². The summed E-state index contributed by atoms with van der Waals surface area (Å²) in [5.41, 5.74) is -0.605. The maximum Gasteiger partial charge on any atom is 0.348 e. The molecule has 0 aromatic carbocycles. The van der Waals surface area contributed by atoms with Gasteiger partial charge in [0.05, 0.1) is 11.1 Å². The van der Waals surface area contributed by atoms with Crippen LogP contribution in [-0.4, -0.2) is 27.6 Å². The van der Waals surface area contributed by atoms with E-state index < -0.39 is 10.6 Å². The molecule has 1 heterocycles. The lowest BCUT2D eigenvalue weighted by atomic mass is 9.89. The molecule has 0 atom stereocenters. The third-order valence-corrected chi connectivity index (χ3v) is 3.74. The molecule has 20 heavy (non-hydrogen) atoms. The van der Waals surface area contributed by atoms with E-state index in [-0.39, 0.29) is 5.69 Å². The zero-order valence-corrected chi connectivity index (χ0v) is 11.5. The molecule has 0 radical (unpaired) electrons. The Kier molecular flexibility index (Phi) is 5.23. The highest BCUT2D eigenvalue weighted by Gasteiger charge is 2.13. The van der Waals surface area contributed by atoms with Crippen LogP contribution in [0.5, 0.6) is 0 Å². The van der Waals surface area contributed by atoms with Crippen molar-refractivity contribution in [1.29, 1.82) is 0 Å². The predicted molar refractivity (Wildman–Crippen MR) is 74.6 cm³/mol. The predicted octanol–water partition coefficient (Wildman–Crippen LogP) is 1.32. The number of nitrogens with zero attached hydrogens (tertiary/aromatic N) is 3. The van der Waals surface area contributed by atoms with E-state index in [9.17, 15) is 14.9 Å². The van der Waals surface area contributed by atoms with E-state index in [2.05, 4.69) is 10.3 Å². The standard InChI is InChI=1S/C13H20N4O3/c18-13-15-9-12(17(19)20)10-16(13)7-6-14-8-11-4-2-1-3-5-11/h9-11,14H,1-8H2. The minimum absolute atomic E-state index is 0.156. The van der Waals surface area contributed by atoms with Gasteiger partial charge in [-0.15, -0.1) is 0 Å². The van der Waals surface area contributed by atoms with Gasteiger partial charge in [0.15, 0.2) is 0 Å². The van der Waals surface area contributed by atoms with Crippen molar-refractivity contribution in [3.8, 4) is 0 Å². The molecule has 1 N–H and O–H groups in total. The summed E-state index contributed by atoms with van der Waals surface area (Å²) in [6.45, 7) is 1.98. The summed E-state index contributed by atoms with van der Waals surface area (Å²) in [6.07, 6.45) is 8.73. The van der Waals surface area contributed by atoms with Crippen LogP contribution in [0.3, 0.4) is 0 Å². The fourth-order valence-electron chi connectivity index (χ4n) is 2.60. The maximum absolute atomic E-state index is 11.5. The maximum atomic E-state index is 11.5. The van der Waals surface area contributed by atoms with Gasteiger partial charge in [-0.2, -0.15) is 4.98 Å². The minimum atomic E-state index is -0.543. The van der Waals surface area contributed by atoms with E-state index in [1.54, 1.807) is 0 Å². The van der Waals surface area contributed by atoms with Gasteiger partial charge in [0.1, 0.15) is 6.20 Å². The average molecular weight is 280 g/mol. The van der Waals surface area contributed by atoms with Gasteiger partial charge in [0, 0.05) is 13.1 Å². The van der Waals surface area contributed by atoms with Crippen molar-refractivity contribution in [3.63, 3.8) is 0 Å². The van der Waals surface area contributed by atoms with Gasteiger partial charge < -0.3 is 5.32 Å². The molecule has 7 heteroatoms. The lowest BCUT2D eigenvalue weighted by Crippen LogP contribution is -2.31. The highest BCUT2D eigenvalue weighted by molar-refractivity contribution is 5.20. The fourth-order valence-corrected chi connectivity index (χ4v) is 2.60. The monoisotopic (exact) mass is 280 g/mol. The van der Waals surface area contributed by atoms with Crippen molar-refractivity contribution >= 4 is 5.69 Å². The highest BCUT2D eigenvalue weighted by atomic mass is 16.6. The molecular weight excluding hydrogens is 260 g/mol. The molecule has 0 unspecified atom stereocenters. The van der Waals surface area contributed by atoms with E-state index >= 15 is 0 Å². The topological polar surface area (TPSA) is 90.1 Å². The molecule has 0 saturated heterocycles. The quantitative estimate of drug-likeness (QED) is 0.482. The van der Waals surface area contributed by atoms with Crippen LogP contribution in [0.25, 0.3) is 0 Å². The summed E-state index contributed by atoms with van der Waals surface area (Å²) >= 11 is 0. The normalized spacial score (nSPS) is 16.2. The first-order valence-corrected chi connectivity index (χ1v) is 7.08. The zero-order valence-electron chi connectivity index (χ0n) is 11.5. The summed E-state index contributed by atoms with van der Waals surface area (Å²) in [4.78, 5) is 25.1. The molecule has 2 rings (SSSR count). The summed E-state index contributed by atoms with van der Waals surface area (Å²) in [6, 6.07) is 0. The molecule has 1 aliphatic rings. The lowest BCUT2D eigenvalue weighted by molar-refractivity contribution is -0.385. The molecule has 1 aromatic heterocycles. The zero-order chi connectivity index (χ0) is 14.4. The highest BCUT2D eigenvalue weighted by Crippen LogP contribution is 2.22. The molecule has 7 nitrogen and oxygen atoms in total. The van der Waals surface area contributed by atoms with E-state index in [1.165, 1.54) is 42.9 Å². The molecule has 0 spiro atoms. The van der Waals surface area contributed by atoms with Crippen LogP contribution < -0.4 is 11.0 Å². The number of nitro groups is 1. The van der Waals surface area contributed by atoms with Gasteiger partial charge >= 0.3 is 11.4 Å². The number of aromatic nitrogens is 2.